The van der Waals surface area contributed by atoms with Gasteiger partial charge in [-0.3, -0.25) is 4.79 Å². The molecule has 0 aromatic carbocycles. The molecule has 0 radical (unpaired) electrons. The Hall–Kier alpha value is -1.92. The maximum atomic E-state index is 12.3. The van der Waals surface area contributed by atoms with Gasteiger partial charge in [-0.05, 0) is 47.0 Å². The molecule has 110 valence electrons. The number of carboxylic acid groups (broad SMARTS) is 1. The van der Waals surface area contributed by atoms with Gasteiger partial charge in [0.2, 0.25) is 0 Å². The fourth-order valence-electron chi connectivity index (χ4n) is 1.83. The number of hydrogen-bond acceptors (Lipinski definition) is 4. The van der Waals surface area contributed by atoms with Gasteiger partial charge in [0.1, 0.15) is 0 Å². The number of rotatable bonds is 5. The van der Waals surface area contributed by atoms with E-state index in [4.69, 9.17) is 5.11 Å². The van der Waals surface area contributed by atoms with Crippen LogP contribution in [0.5, 0.6) is 0 Å². The van der Waals surface area contributed by atoms with Gasteiger partial charge in [0.25, 0.3) is 5.91 Å². The highest BCUT2D eigenvalue weighted by Crippen LogP contribution is 2.21. The molecule has 0 atom stereocenters. The Morgan fingerprint density at radius 3 is 2.76 bits per heavy atom. The van der Waals surface area contributed by atoms with Crippen LogP contribution in [-0.2, 0) is 11.3 Å². The number of thiophene rings is 2. The molecule has 0 fully saturated rings. The smallest absolute Gasteiger partial charge is 0.328 e. The van der Waals surface area contributed by atoms with E-state index in [1.165, 1.54) is 22.7 Å². The summed E-state index contributed by atoms with van der Waals surface area (Å²) in [5.74, 6) is -0.957. The monoisotopic (exact) mass is 321 g/mol. The quantitative estimate of drug-likeness (QED) is 0.858. The van der Waals surface area contributed by atoms with Crippen LogP contribution in [0.15, 0.2) is 29.0 Å². The largest absolute Gasteiger partial charge is 0.478 e. The van der Waals surface area contributed by atoms with E-state index >= 15 is 0 Å². The van der Waals surface area contributed by atoms with E-state index in [-0.39, 0.29) is 5.91 Å². The third kappa shape index (κ3) is 4.03. The van der Waals surface area contributed by atoms with E-state index in [1.54, 1.807) is 18.0 Å². The SMILES string of the molecule is Cc1ccsc1C(=O)N(C)Cc1csc(C=CC(=O)O)c1. The molecule has 0 unspecified atom stereocenters. The first-order valence-electron chi connectivity index (χ1n) is 6.25. The van der Waals surface area contributed by atoms with Crippen LogP contribution in [0.4, 0.5) is 0 Å². The average molecular weight is 321 g/mol. The van der Waals surface area contributed by atoms with Crippen molar-refractivity contribution in [1.29, 1.82) is 0 Å². The zero-order valence-electron chi connectivity index (χ0n) is 11.7. The summed E-state index contributed by atoms with van der Waals surface area (Å²) in [6.07, 6.45) is 2.67. The van der Waals surface area contributed by atoms with Crippen molar-refractivity contribution < 1.29 is 14.7 Å². The van der Waals surface area contributed by atoms with Gasteiger partial charge in [0.15, 0.2) is 0 Å². The molecule has 6 heteroatoms. The summed E-state index contributed by atoms with van der Waals surface area (Å²) < 4.78 is 0. The van der Waals surface area contributed by atoms with E-state index in [0.29, 0.717) is 6.54 Å². The van der Waals surface area contributed by atoms with Gasteiger partial charge in [-0.25, -0.2) is 4.79 Å². The molecule has 2 heterocycles. The number of hydrogen-bond donors (Lipinski definition) is 1. The number of nitrogens with zero attached hydrogens (tertiary/aromatic N) is 1. The maximum absolute atomic E-state index is 12.3. The molecule has 0 aliphatic rings. The molecule has 2 aromatic heterocycles. The Labute approximate surface area is 131 Å². The molecule has 21 heavy (non-hydrogen) atoms. The predicted octanol–water partition coefficient (Wildman–Crippen LogP) is 3.49. The predicted molar refractivity (Wildman–Crippen MR) is 85.8 cm³/mol. The second-order valence-electron chi connectivity index (χ2n) is 4.62. The van der Waals surface area contributed by atoms with E-state index < -0.39 is 5.97 Å². The molecule has 1 N–H and O–H groups in total. The van der Waals surface area contributed by atoms with Gasteiger partial charge in [-0.1, -0.05) is 0 Å². The third-order valence-corrected chi connectivity index (χ3v) is 4.84. The van der Waals surface area contributed by atoms with Crippen LogP contribution in [0.1, 0.15) is 25.7 Å². The van der Waals surface area contributed by atoms with E-state index in [1.807, 2.05) is 29.8 Å². The Balaban J connectivity index is 2.03. The van der Waals surface area contributed by atoms with E-state index in [9.17, 15) is 9.59 Å². The summed E-state index contributed by atoms with van der Waals surface area (Å²) in [7, 11) is 1.77. The Bertz CT molecular complexity index is 685. The van der Waals surface area contributed by atoms with E-state index in [0.717, 1.165) is 27.0 Å². The summed E-state index contributed by atoms with van der Waals surface area (Å²) >= 11 is 2.91. The fraction of sp³-hybridized carbons (Fsp3) is 0.200. The second-order valence-corrected chi connectivity index (χ2v) is 6.48. The van der Waals surface area contributed by atoms with Crippen molar-refractivity contribution >= 4 is 40.6 Å². The van der Waals surface area contributed by atoms with Gasteiger partial charge >= 0.3 is 5.97 Å². The van der Waals surface area contributed by atoms with Crippen LogP contribution in [0.25, 0.3) is 6.08 Å². The lowest BCUT2D eigenvalue weighted by Crippen LogP contribution is -2.25. The highest BCUT2D eigenvalue weighted by atomic mass is 32.1. The normalized spacial score (nSPS) is 11.0. The summed E-state index contributed by atoms with van der Waals surface area (Å²) in [6, 6.07) is 3.83. The van der Waals surface area contributed by atoms with Crippen LogP contribution in [-0.4, -0.2) is 28.9 Å². The molecule has 0 saturated carbocycles. The summed E-state index contributed by atoms with van der Waals surface area (Å²) in [5, 5.41) is 12.4. The van der Waals surface area contributed by atoms with Crippen LogP contribution >= 0.6 is 22.7 Å². The Kier molecular flexibility index (Phi) is 4.93. The van der Waals surface area contributed by atoms with E-state index in [2.05, 4.69) is 0 Å². The van der Waals surface area contributed by atoms with Crippen molar-refractivity contribution in [3.63, 3.8) is 0 Å². The molecular weight excluding hydrogens is 306 g/mol. The minimum Gasteiger partial charge on any atom is -0.478 e. The third-order valence-electron chi connectivity index (χ3n) is 2.89. The molecule has 0 spiro atoms. The number of carboxylic acids is 1. The lowest BCUT2D eigenvalue weighted by molar-refractivity contribution is -0.131. The molecular formula is C15H15NO3S2. The highest BCUT2D eigenvalue weighted by molar-refractivity contribution is 7.12. The molecule has 0 aliphatic carbocycles. The molecule has 1 amide bonds. The minimum atomic E-state index is -0.967. The molecule has 2 rings (SSSR count). The first kappa shape index (κ1) is 15.5. The Morgan fingerprint density at radius 2 is 2.14 bits per heavy atom. The number of aliphatic carboxylic acids is 1. The molecule has 0 bridgehead atoms. The van der Waals surface area contributed by atoms with Crippen LogP contribution in [0.2, 0.25) is 0 Å². The van der Waals surface area contributed by atoms with Crippen molar-refractivity contribution in [2.24, 2.45) is 0 Å². The number of aryl methyl sites for hydroxylation is 1. The molecule has 0 saturated heterocycles. The second kappa shape index (κ2) is 6.69. The topological polar surface area (TPSA) is 57.6 Å². The van der Waals surface area contributed by atoms with Gasteiger partial charge < -0.3 is 10.0 Å². The lowest BCUT2D eigenvalue weighted by atomic mass is 10.2. The van der Waals surface area contributed by atoms with Gasteiger partial charge in [0.05, 0.1) is 4.88 Å². The maximum Gasteiger partial charge on any atom is 0.328 e. The zero-order chi connectivity index (χ0) is 15.4. The standard InChI is InChI=1S/C15H15NO3S2/c1-10-5-6-20-14(10)15(19)16(2)8-11-7-12(21-9-11)3-4-13(17)18/h3-7,9H,8H2,1-2H3,(H,17,18). The van der Waals surface area contributed by atoms with Crippen LogP contribution in [0.3, 0.4) is 0 Å². The summed E-state index contributed by atoms with van der Waals surface area (Å²) in [6.45, 7) is 2.44. The van der Waals surface area contributed by atoms with Gasteiger partial charge in [-0.15, -0.1) is 22.7 Å². The van der Waals surface area contributed by atoms with Crippen molar-refractivity contribution in [2.75, 3.05) is 7.05 Å². The molecule has 2 aromatic rings. The minimum absolute atomic E-state index is 0.0105. The number of amides is 1. The number of carbonyl (C=O) groups excluding carboxylic acids is 1. The van der Waals surface area contributed by atoms with Crippen molar-refractivity contribution in [2.45, 2.75) is 13.5 Å². The van der Waals surface area contributed by atoms with Gasteiger partial charge in [0, 0.05) is 24.5 Å². The van der Waals surface area contributed by atoms with Crippen molar-refractivity contribution in [1.82, 2.24) is 4.90 Å². The van der Waals surface area contributed by atoms with Crippen molar-refractivity contribution in [3.8, 4) is 0 Å². The average Bonchev–Trinajstić information content (AvgIpc) is 3.04. The highest BCUT2D eigenvalue weighted by Gasteiger charge is 2.15. The molecule has 4 nitrogen and oxygen atoms in total. The van der Waals surface area contributed by atoms with Crippen molar-refractivity contribution in [3.05, 3.63) is 49.9 Å². The summed E-state index contributed by atoms with van der Waals surface area (Å²) in [4.78, 5) is 26.1. The number of carbonyl (C=O) groups is 2. The molecule has 0 aliphatic heterocycles. The fourth-order valence-corrected chi connectivity index (χ4v) is 3.54. The van der Waals surface area contributed by atoms with Crippen LogP contribution < -0.4 is 0 Å². The first-order chi connectivity index (χ1) is 9.97. The lowest BCUT2D eigenvalue weighted by Gasteiger charge is -2.15. The zero-order valence-corrected chi connectivity index (χ0v) is 13.3. The van der Waals surface area contributed by atoms with Gasteiger partial charge in [-0.2, -0.15) is 0 Å². The Morgan fingerprint density at radius 1 is 1.38 bits per heavy atom. The first-order valence-corrected chi connectivity index (χ1v) is 8.01. The summed E-state index contributed by atoms with van der Waals surface area (Å²) in [5.41, 5.74) is 1.99. The van der Waals surface area contributed by atoms with Crippen LogP contribution in [0, 0.1) is 6.92 Å².